The fourth-order valence-corrected chi connectivity index (χ4v) is 5.08. The molecule has 40 heavy (non-hydrogen) atoms. The fraction of sp³-hybridized carbons (Fsp3) is 0.433. The summed E-state index contributed by atoms with van der Waals surface area (Å²) < 4.78 is 14.7. The third kappa shape index (κ3) is 6.77. The first-order chi connectivity index (χ1) is 19.0. The summed E-state index contributed by atoms with van der Waals surface area (Å²) in [5, 5.41) is 3.31. The molecule has 0 aliphatic carbocycles. The largest absolute Gasteiger partial charge is 0.486 e. The third-order valence-electron chi connectivity index (χ3n) is 7.02. The molecule has 9 nitrogen and oxygen atoms in total. The molecule has 1 aliphatic heterocycles. The summed E-state index contributed by atoms with van der Waals surface area (Å²) in [7, 11) is 5.76. The van der Waals surface area contributed by atoms with Gasteiger partial charge in [-0.25, -0.2) is 4.68 Å². The lowest BCUT2D eigenvalue weighted by Crippen LogP contribution is -2.27. The van der Waals surface area contributed by atoms with E-state index in [4.69, 9.17) is 21.1 Å². The van der Waals surface area contributed by atoms with Gasteiger partial charge in [-0.05, 0) is 44.1 Å². The molecular weight excluding hydrogens is 532 g/mol. The van der Waals surface area contributed by atoms with Gasteiger partial charge in [0.15, 0.2) is 17.3 Å². The Balaban J connectivity index is 1.48. The number of nitrogens with zero attached hydrogens (tertiary/aromatic N) is 3. The molecule has 0 saturated heterocycles. The second-order valence-electron chi connectivity index (χ2n) is 11.1. The van der Waals surface area contributed by atoms with Crippen LogP contribution >= 0.6 is 11.6 Å². The molecule has 10 heteroatoms. The number of anilines is 1. The normalized spacial score (nSPS) is 13.0. The number of ketones is 1. The molecule has 4 rings (SSSR count). The van der Waals surface area contributed by atoms with Crippen molar-refractivity contribution in [3.63, 3.8) is 0 Å². The topological polar surface area (TPSA) is 94.8 Å². The minimum atomic E-state index is -0.507. The van der Waals surface area contributed by atoms with Crippen LogP contribution in [0.2, 0.25) is 5.02 Å². The van der Waals surface area contributed by atoms with E-state index in [-0.39, 0.29) is 35.8 Å². The van der Waals surface area contributed by atoms with Gasteiger partial charge in [-0.2, -0.15) is 0 Å². The van der Waals surface area contributed by atoms with Crippen molar-refractivity contribution in [1.82, 2.24) is 14.3 Å². The van der Waals surface area contributed by atoms with Gasteiger partial charge >= 0.3 is 0 Å². The van der Waals surface area contributed by atoms with E-state index < -0.39 is 5.41 Å². The number of Topliss-reactive ketones (excluding diaryl/α,β-unsaturated/α-hetero) is 1. The number of halogens is 1. The maximum absolute atomic E-state index is 13.5. The molecule has 3 aromatic rings. The SMILES string of the molecule is CN(C)CCc1c(NC(=O)CC(C)(C)CCC(=O)c2cc(Cl)cc3c2OCCO3)c(=O)n(-c2ccccc2)n1C. The highest BCUT2D eigenvalue weighted by Crippen LogP contribution is 2.38. The minimum Gasteiger partial charge on any atom is -0.486 e. The van der Waals surface area contributed by atoms with Crippen LogP contribution in [0.15, 0.2) is 47.3 Å². The van der Waals surface area contributed by atoms with Gasteiger partial charge in [0, 0.05) is 43.9 Å². The van der Waals surface area contributed by atoms with Crippen LogP contribution < -0.4 is 20.3 Å². The summed E-state index contributed by atoms with van der Waals surface area (Å²) in [6, 6.07) is 12.6. The highest BCUT2D eigenvalue weighted by Gasteiger charge is 2.28. The number of nitrogens with one attached hydrogen (secondary N) is 1. The Morgan fingerprint density at radius 2 is 1.80 bits per heavy atom. The first-order valence-electron chi connectivity index (χ1n) is 13.4. The van der Waals surface area contributed by atoms with Crippen molar-refractivity contribution >= 4 is 29.0 Å². The van der Waals surface area contributed by atoms with Crippen molar-refractivity contribution in [2.75, 3.05) is 39.2 Å². The summed E-state index contributed by atoms with van der Waals surface area (Å²) >= 11 is 6.21. The number of hydrogen-bond acceptors (Lipinski definition) is 6. The summed E-state index contributed by atoms with van der Waals surface area (Å²) in [6.45, 7) is 5.35. The van der Waals surface area contributed by atoms with Crippen LogP contribution in [-0.4, -0.2) is 59.8 Å². The zero-order valence-corrected chi connectivity index (χ0v) is 24.5. The van der Waals surface area contributed by atoms with Gasteiger partial charge in [-0.15, -0.1) is 0 Å². The second-order valence-corrected chi connectivity index (χ2v) is 11.6. The number of amides is 1. The van der Waals surface area contributed by atoms with E-state index in [2.05, 4.69) is 5.32 Å². The molecular formula is C30H37ClN4O5. The zero-order valence-electron chi connectivity index (χ0n) is 23.8. The number of likely N-dealkylation sites (N-methyl/N-ethyl adjacent to an activating group) is 1. The Labute approximate surface area is 239 Å². The monoisotopic (exact) mass is 568 g/mol. The van der Waals surface area contributed by atoms with Crippen LogP contribution in [0.3, 0.4) is 0 Å². The van der Waals surface area contributed by atoms with Crippen LogP contribution in [0.5, 0.6) is 11.5 Å². The summed E-state index contributed by atoms with van der Waals surface area (Å²) in [4.78, 5) is 41.9. The van der Waals surface area contributed by atoms with Gasteiger partial charge in [0.05, 0.1) is 16.9 Å². The highest BCUT2D eigenvalue weighted by molar-refractivity contribution is 6.31. The molecule has 0 saturated carbocycles. The van der Waals surface area contributed by atoms with E-state index in [0.717, 1.165) is 11.4 Å². The number of hydrogen-bond donors (Lipinski definition) is 1. The van der Waals surface area contributed by atoms with Gasteiger partial charge in [0.25, 0.3) is 5.56 Å². The van der Waals surface area contributed by atoms with Crippen molar-refractivity contribution < 1.29 is 19.1 Å². The number of rotatable bonds is 11. The molecule has 0 radical (unpaired) electrons. The minimum absolute atomic E-state index is 0.127. The number of carbonyl (C=O) groups is 2. The first-order valence-corrected chi connectivity index (χ1v) is 13.8. The fourth-order valence-electron chi connectivity index (χ4n) is 4.87. The quantitative estimate of drug-likeness (QED) is 0.336. The number of benzene rings is 2. The summed E-state index contributed by atoms with van der Waals surface area (Å²) in [5.41, 5.74) is 1.35. The predicted molar refractivity (Wildman–Crippen MR) is 156 cm³/mol. The predicted octanol–water partition coefficient (Wildman–Crippen LogP) is 4.72. The van der Waals surface area contributed by atoms with E-state index in [1.807, 2.05) is 70.2 Å². The molecule has 214 valence electrons. The van der Waals surface area contributed by atoms with E-state index in [9.17, 15) is 14.4 Å². The maximum atomic E-state index is 13.5. The van der Waals surface area contributed by atoms with Crippen LogP contribution in [0.4, 0.5) is 5.69 Å². The zero-order chi connectivity index (χ0) is 29.0. The molecule has 0 spiro atoms. The lowest BCUT2D eigenvalue weighted by molar-refractivity contribution is -0.118. The molecule has 1 aromatic heterocycles. The number of para-hydroxylation sites is 1. The van der Waals surface area contributed by atoms with E-state index in [1.165, 1.54) is 0 Å². The standard InChI is InChI=1S/C30H37ClN4O5/c1-30(2,13-11-24(36)22-17-20(31)18-25-28(22)40-16-15-39-25)19-26(37)32-27-23(12-14-33(3)4)34(5)35(29(27)38)21-9-7-6-8-10-21/h6-10,17-18H,11-16,19H2,1-5H3,(H,32,37). The Morgan fingerprint density at radius 1 is 1.10 bits per heavy atom. The molecule has 1 N–H and O–H groups in total. The molecule has 1 aliphatic rings. The molecule has 2 heterocycles. The van der Waals surface area contributed by atoms with Gasteiger partial charge < -0.3 is 19.7 Å². The van der Waals surface area contributed by atoms with Crippen LogP contribution in [0.1, 0.15) is 49.2 Å². The smallest absolute Gasteiger partial charge is 0.295 e. The summed E-state index contributed by atoms with van der Waals surface area (Å²) in [5.74, 6) is 0.482. The van der Waals surface area contributed by atoms with Crippen molar-refractivity contribution in [3.8, 4) is 17.2 Å². The molecule has 0 unspecified atom stereocenters. The van der Waals surface area contributed by atoms with Crippen molar-refractivity contribution in [3.05, 3.63) is 69.1 Å². The van der Waals surface area contributed by atoms with Crippen LogP contribution in [-0.2, 0) is 18.3 Å². The Hall–Kier alpha value is -3.56. The lowest BCUT2D eigenvalue weighted by Gasteiger charge is -2.24. The molecule has 1 amide bonds. The van der Waals surface area contributed by atoms with E-state index in [1.54, 1.807) is 21.5 Å². The average molecular weight is 569 g/mol. The van der Waals surface area contributed by atoms with Gasteiger partial charge in [-0.3, -0.25) is 19.1 Å². The van der Waals surface area contributed by atoms with Crippen LogP contribution in [0, 0.1) is 5.41 Å². The van der Waals surface area contributed by atoms with E-state index in [0.29, 0.717) is 54.7 Å². The molecule has 0 atom stereocenters. The van der Waals surface area contributed by atoms with E-state index >= 15 is 0 Å². The third-order valence-corrected chi connectivity index (χ3v) is 7.24. The molecule has 0 bridgehead atoms. The second kappa shape index (κ2) is 12.3. The summed E-state index contributed by atoms with van der Waals surface area (Å²) in [6.07, 6.45) is 1.39. The van der Waals surface area contributed by atoms with Crippen LogP contribution in [0.25, 0.3) is 5.69 Å². The number of fused-ring (bicyclic) bond motifs is 1. The number of carbonyl (C=O) groups excluding carboxylic acids is 2. The average Bonchev–Trinajstić information content (AvgIpc) is 3.13. The number of ether oxygens (including phenoxy) is 2. The lowest BCUT2D eigenvalue weighted by atomic mass is 9.82. The van der Waals surface area contributed by atoms with Gasteiger partial charge in [0.1, 0.15) is 18.9 Å². The number of aromatic nitrogens is 2. The first kappa shape index (κ1) is 29.4. The Bertz CT molecular complexity index is 1440. The van der Waals surface area contributed by atoms with Gasteiger partial charge in [-0.1, -0.05) is 43.6 Å². The molecule has 0 fully saturated rings. The van der Waals surface area contributed by atoms with Gasteiger partial charge in [0.2, 0.25) is 5.91 Å². The molecule has 2 aromatic carbocycles. The Kier molecular flexibility index (Phi) is 9.05. The van der Waals surface area contributed by atoms with Crippen molar-refractivity contribution in [2.45, 2.75) is 39.5 Å². The van der Waals surface area contributed by atoms with Crippen molar-refractivity contribution in [2.24, 2.45) is 12.5 Å². The van der Waals surface area contributed by atoms with Crippen molar-refractivity contribution in [1.29, 1.82) is 0 Å². The Morgan fingerprint density at radius 3 is 2.50 bits per heavy atom. The highest BCUT2D eigenvalue weighted by atomic mass is 35.5. The maximum Gasteiger partial charge on any atom is 0.295 e.